The van der Waals surface area contributed by atoms with Crippen LogP contribution in [0, 0.1) is 0 Å². The van der Waals surface area contributed by atoms with Gasteiger partial charge in [-0.3, -0.25) is 4.79 Å². The van der Waals surface area contributed by atoms with Crippen LogP contribution in [0.1, 0.15) is 35.8 Å². The third-order valence-corrected chi connectivity index (χ3v) is 6.01. The number of alkyl halides is 3. The van der Waals surface area contributed by atoms with E-state index in [2.05, 4.69) is 25.9 Å². The van der Waals surface area contributed by atoms with E-state index in [4.69, 9.17) is 0 Å². The molecule has 3 N–H and O–H groups in total. The number of hydrogen-bond donors (Lipinski definition) is 3. The maximum Gasteiger partial charge on any atom is 0.416 e. The molecule has 0 saturated heterocycles. The molecular formula is C27H30F3N7O. The number of hydrogen-bond acceptors (Lipinski definition) is 7. The maximum atomic E-state index is 13.5. The van der Waals surface area contributed by atoms with E-state index in [9.17, 15) is 18.0 Å². The summed E-state index contributed by atoms with van der Waals surface area (Å²) in [7, 11) is 3.79. The molecule has 0 spiro atoms. The monoisotopic (exact) mass is 525 g/mol. The van der Waals surface area contributed by atoms with Crippen molar-refractivity contribution in [2.45, 2.75) is 25.3 Å². The quantitative estimate of drug-likeness (QED) is 0.384. The Bertz CT molecular complexity index is 1280. The van der Waals surface area contributed by atoms with E-state index in [1.807, 2.05) is 56.3 Å². The van der Waals surface area contributed by atoms with Crippen LogP contribution in [0.5, 0.6) is 0 Å². The van der Waals surface area contributed by atoms with Crippen LogP contribution >= 0.6 is 0 Å². The fraction of sp³-hybridized carbons (Fsp3) is 0.296. The molecule has 0 fully saturated rings. The molecule has 200 valence electrons. The van der Waals surface area contributed by atoms with Crippen LogP contribution in [0.3, 0.4) is 0 Å². The number of likely N-dealkylation sites (N-methyl/N-ethyl adjacent to an activating group) is 1. The summed E-state index contributed by atoms with van der Waals surface area (Å²) in [5, 5.41) is 9.16. The number of nitrogens with zero attached hydrogens (tertiary/aromatic N) is 4. The van der Waals surface area contributed by atoms with Crippen molar-refractivity contribution in [1.29, 1.82) is 0 Å². The second kappa shape index (κ2) is 11.5. The lowest BCUT2D eigenvalue weighted by Gasteiger charge is -2.26. The molecule has 8 nitrogen and oxygen atoms in total. The summed E-state index contributed by atoms with van der Waals surface area (Å²) in [6.07, 6.45) is -2.17. The van der Waals surface area contributed by atoms with Gasteiger partial charge in [-0.1, -0.05) is 42.5 Å². The molecule has 0 aliphatic carbocycles. The molecule has 2 heterocycles. The molecule has 11 heteroatoms. The number of carbonyl (C=O) groups is 1. The number of anilines is 2. The van der Waals surface area contributed by atoms with E-state index in [0.717, 1.165) is 17.7 Å². The third kappa shape index (κ3) is 6.60. The second-order valence-corrected chi connectivity index (χ2v) is 9.19. The van der Waals surface area contributed by atoms with Gasteiger partial charge in [-0.05, 0) is 50.3 Å². The molecule has 2 atom stereocenters. The van der Waals surface area contributed by atoms with Crippen molar-refractivity contribution in [2.24, 2.45) is 0 Å². The zero-order valence-corrected chi connectivity index (χ0v) is 21.3. The van der Waals surface area contributed by atoms with E-state index in [1.165, 1.54) is 6.07 Å². The van der Waals surface area contributed by atoms with Gasteiger partial charge in [-0.25, -0.2) is 4.98 Å². The molecule has 4 rings (SSSR count). The first-order valence-corrected chi connectivity index (χ1v) is 12.1. The number of carbonyl (C=O) groups excluding carboxylic acids is 1. The van der Waals surface area contributed by atoms with Crippen LogP contribution in [0.4, 0.5) is 24.9 Å². The minimum absolute atomic E-state index is 0.0870. The average molecular weight is 526 g/mol. The number of benzene rings is 2. The van der Waals surface area contributed by atoms with Gasteiger partial charge in [0.25, 0.3) is 5.91 Å². The van der Waals surface area contributed by atoms with E-state index >= 15 is 0 Å². The maximum absolute atomic E-state index is 13.5. The average Bonchev–Trinajstić information content (AvgIpc) is 3.35. The molecule has 38 heavy (non-hydrogen) atoms. The van der Waals surface area contributed by atoms with Crippen molar-refractivity contribution in [3.63, 3.8) is 0 Å². The van der Waals surface area contributed by atoms with Gasteiger partial charge in [0, 0.05) is 25.5 Å². The molecule has 1 unspecified atom stereocenters. The van der Waals surface area contributed by atoms with Crippen molar-refractivity contribution in [3.05, 3.63) is 95.4 Å². The highest BCUT2D eigenvalue weighted by Gasteiger charge is 2.34. The van der Waals surface area contributed by atoms with Gasteiger partial charge >= 0.3 is 6.18 Å². The van der Waals surface area contributed by atoms with Gasteiger partial charge in [0.2, 0.25) is 5.95 Å². The van der Waals surface area contributed by atoms with Crippen molar-refractivity contribution in [2.75, 3.05) is 37.4 Å². The lowest BCUT2D eigenvalue weighted by molar-refractivity contribution is -0.137. The summed E-state index contributed by atoms with van der Waals surface area (Å²) in [5.74, 6) is 0.393. The van der Waals surface area contributed by atoms with Crippen LogP contribution in [0.15, 0.2) is 78.8 Å². The first-order chi connectivity index (χ1) is 18.1. The van der Waals surface area contributed by atoms with Crippen LogP contribution in [0.2, 0.25) is 0 Å². The van der Waals surface area contributed by atoms with Gasteiger partial charge in [0.05, 0.1) is 11.6 Å². The normalized spacial score (nSPS) is 16.1. The predicted octanol–water partition coefficient (Wildman–Crippen LogP) is 4.30. The molecule has 3 aromatic rings. The van der Waals surface area contributed by atoms with Gasteiger partial charge in [-0.2, -0.15) is 18.2 Å². The first kappa shape index (κ1) is 26.9. The Morgan fingerprint density at radius 3 is 2.61 bits per heavy atom. The fourth-order valence-corrected chi connectivity index (χ4v) is 3.99. The van der Waals surface area contributed by atoms with Crippen LogP contribution < -0.4 is 20.9 Å². The molecule has 0 bridgehead atoms. The summed E-state index contributed by atoms with van der Waals surface area (Å²) in [5.41, 5.74) is 0.819. The number of aromatic nitrogens is 2. The fourth-order valence-electron chi connectivity index (χ4n) is 3.99. The molecule has 1 aliphatic rings. The van der Waals surface area contributed by atoms with Gasteiger partial charge in [0.15, 0.2) is 0 Å². The van der Waals surface area contributed by atoms with E-state index in [1.54, 1.807) is 29.4 Å². The summed E-state index contributed by atoms with van der Waals surface area (Å²) < 4.78 is 40.4. The zero-order chi connectivity index (χ0) is 27.3. The predicted molar refractivity (Wildman–Crippen MR) is 140 cm³/mol. The highest BCUT2D eigenvalue weighted by atomic mass is 19.4. The molecule has 2 aromatic carbocycles. The number of rotatable bonds is 9. The molecule has 1 amide bonds. The first-order valence-electron chi connectivity index (χ1n) is 12.1. The Morgan fingerprint density at radius 1 is 1.13 bits per heavy atom. The minimum atomic E-state index is -4.50. The van der Waals surface area contributed by atoms with E-state index in [-0.39, 0.29) is 17.6 Å². The summed E-state index contributed by atoms with van der Waals surface area (Å²) in [4.78, 5) is 25.3. The summed E-state index contributed by atoms with van der Waals surface area (Å²) >= 11 is 0. The lowest BCUT2D eigenvalue weighted by Crippen LogP contribution is -2.36. The van der Waals surface area contributed by atoms with Crippen molar-refractivity contribution in [1.82, 2.24) is 25.5 Å². The SMILES string of the molecule is C[C@H](Nc1nccc(N2C=C(C(=O)NCCN(C)C)NC2c2cccc(C(F)(F)F)c2)n1)c1ccccc1. The van der Waals surface area contributed by atoms with Gasteiger partial charge in [-0.15, -0.1) is 0 Å². The number of nitrogens with one attached hydrogen (secondary N) is 3. The molecular weight excluding hydrogens is 495 g/mol. The third-order valence-electron chi connectivity index (χ3n) is 6.01. The molecule has 0 saturated carbocycles. The largest absolute Gasteiger partial charge is 0.416 e. The minimum Gasteiger partial charge on any atom is -0.355 e. The zero-order valence-electron chi connectivity index (χ0n) is 21.3. The summed E-state index contributed by atoms with van der Waals surface area (Å²) in [6, 6.07) is 16.4. The molecule has 0 radical (unpaired) electrons. The number of halogens is 3. The number of amides is 1. The Morgan fingerprint density at radius 2 is 1.89 bits per heavy atom. The Balaban J connectivity index is 1.63. The van der Waals surface area contributed by atoms with Crippen molar-refractivity contribution < 1.29 is 18.0 Å². The second-order valence-electron chi connectivity index (χ2n) is 9.19. The van der Waals surface area contributed by atoms with Crippen LogP contribution in [0.25, 0.3) is 0 Å². The Kier molecular flexibility index (Phi) is 8.16. The van der Waals surface area contributed by atoms with E-state index in [0.29, 0.717) is 30.4 Å². The Hall–Kier alpha value is -4.12. The van der Waals surface area contributed by atoms with E-state index < -0.39 is 17.9 Å². The lowest BCUT2D eigenvalue weighted by atomic mass is 10.1. The van der Waals surface area contributed by atoms with Crippen LogP contribution in [-0.4, -0.2) is 48.0 Å². The molecule has 1 aromatic heterocycles. The standard InChI is InChI=1S/C27H30F3N7O/c1-18(19-8-5-4-6-9-19)33-26-32-13-12-23(35-26)37-17-22(25(38)31-14-15-36(2)3)34-24(37)20-10-7-11-21(16-20)27(28,29)30/h4-13,16-18,24,34H,14-15H2,1-3H3,(H,31,38)(H,32,33,35)/t18-,24?/m0/s1. The summed E-state index contributed by atoms with van der Waals surface area (Å²) in [6.45, 7) is 3.03. The van der Waals surface area contributed by atoms with Crippen LogP contribution in [-0.2, 0) is 11.0 Å². The topological polar surface area (TPSA) is 85.4 Å². The van der Waals surface area contributed by atoms with Crippen molar-refractivity contribution in [3.8, 4) is 0 Å². The Labute approximate surface area is 219 Å². The highest BCUT2D eigenvalue weighted by Crippen LogP contribution is 2.35. The van der Waals surface area contributed by atoms with Crippen molar-refractivity contribution >= 4 is 17.7 Å². The smallest absolute Gasteiger partial charge is 0.355 e. The van der Waals surface area contributed by atoms with Gasteiger partial charge < -0.3 is 25.8 Å². The van der Waals surface area contributed by atoms with Gasteiger partial charge in [0.1, 0.15) is 17.7 Å². The molecule has 1 aliphatic heterocycles. The highest BCUT2D eigenvalue weighted by molar-refractivity contribution is 5.94.